The van der Waals surface area contributed by atoms with Crippen molar-refractivity contribution in [2.45, 2.75) is 56.8 Å². The Morgan fingerprint density at radius 2 is 1.67 bits per heavy atom. The Balaban J connectivity index is 0.884. The van der Waals surface area contributed by atoms with Gasteiger partial charge in [0.25, 0.3) is 5.91 Å². The lowest BCUT2D eigenvalue weighted by Crippen LogP contribution is -2.53. The summed E-state index contributed by atoms with van der Waals surface area (Å²) in [4.78, 5) is 49.8. The van der Waals surface area contributed by atoms with Crippen LogP contribution in [0.1, 0.15) is 66.7 Å². The first kappa shape index (κ1) is 31.2. The minimum atomic E-state index is -1.24. The van der Waals surface area contributed by atoms with Gasteiger partial charge in [-0.1, -0.05) is 18.2 Å². The molecule has 2 aromatic heterocycles. The summed E-state index contributed by atoms with van der Waals surface area (Å²) in [6.07, 6.45) is 4.52. The Morgan fingerprint density at radius 3 is 2.41 bits per heavy atom. The minimum absolute atomic E-state index is 0.129. The van der Waals surface area contributed by atoms with Crippen molar-refractivity contribution in [1.29, 1.82) is 0 Å². The van der Waals surface area contributed by atoms with Crippen LogP contribution in [0.3, 0.4) is 0 Å². The number of imide groups is 1. The number of rotatable bonds is 6. The molecule has 5 heterocycles. The van der Waals surface area contributed by atoms with Crippen LogP contribution in [0.4, 0.5) is 11.5 Å². The Morgan fingerprint density at radius 1 is 0.922 bits per heavy atom. The van der Waals surface area contributed by atoms with Crippen molar-refractivity contribution in [1.82, 2.24) is 30.0 Å². The quantitative estimate of drug-likeness (QED) is 0.213. The Bertz CT molecular complexity index is 2190. The second-order valence-corrected chi connectivity index (χ2v) is 14.1. The van der Waals surface area contributed by atoms with Crippen LogP contribution in [0.25, 0.3) is 22.3 Å². The van der Waals surface area contributed by atoms with E-state index in [-0.39, 0.29) is 30.2 Å². The monoisotopic (exact) mass is 684 g/mol. The number of nitrogen functional groups attached to an aromatic ring is 1. The minimum Gasteiger partial charge on any atom is -0.457 e. The lowest BCUT2D eigenvalue weighted by atomic mass is 9.60. The first-order chi connectivity index (χ1) is 24.8. The number of anilines is 2. The molecule has 13 nitrogen and oxygen atoms in total. The van der Waals surface area contributed by atoms with Crippen LogP contribution >= 0.6 is 0 Å². The molecule has 3 fully saturated rings. The SMILES string of the molecule is Nc1ncnc2c1c(-c1ccc(Oc3ccccc3)cc1)nn2C1CC2(CCN(c3ccc4c(c3)C(O)N(C3CCC(=O)NC3=O)C4=O)CC2)C1. The molecular formula is C38H36N8O5. The molecule has 51 heavy (non-hydrogen) atoms. The van der Waals surface area contributed by atoms with Crippen LogP contribution in [0, 0.1) is 5.41 Å². The number of benzene rings is 3. The Labute approximate surface area is 293 Å². The Kier molecular flexibility index (Phi) is 7.28. The number of para-hydroxylation sites is 1. The highest BCUT2D eigenvalue weighted by molar-refractivity contribution is 6.06. The van der Waals surface area contributed by atoms with E-state index in [1.807, 2.05) is 71.4 Å². The fourth-order valence-electron chi connectivity index (χ4n) is 8.33. The number of hydrogen-bond acceptors (Lipinski definition) is 10. The maximum Gasteiger partial charge on any atom is 0.257 e. The third-order valence-corrected chi connectivity index (χ3v) is 11.1. The molecule has 1 saturated carbocycles. The second kappa shape index (κ2) is 11.9. The summed E-state index contributed by atoms with van der Waals surface area (Å²) in [5.41, 5.74) is 10.8. The smallest absolute Gasteiger partial charge is 0.257 e. The van der Waals surface area contributed by atoms with Crippen molar-refractivity contribution < 1.29 is 24.2 Å². The molecule has 1 aliphatic carbocycles. The normalized spacial score (nSPS) is 21.5. The largest absolute Gasteiger partial charge is 0.457 e. The van der Waals surface area contributed by atoms with Gasteiger partial charge in [0.1, 0.15) is 35.4 Å². The zero-order chi connectivity index (χ0) is 34.9. The van der Waals surface area contributed by atoms with E-state index in [0.29, 0.717) is 16.9 Å². The van der Waals surface area contributed by atoms with E-state index >= 15 is 0 Å². The van der Waals surface area contributed by atoms with E-state index in [2.05, 4.69) is 20.2 Å². The summed E-state index contributed by atoms with van der Waals surface area (Å²) in [6, 6.07) is 22.3. The van der Waals surface area contributed by atoms with E-state index < -0.39 is 24.1 Å². The van der Waals surface area contributed by atoms with Gasteiger partial charge in [-0.15, -0.1) is 0 Å². The molecule has 4 N–H and O–H groups in total. The first-order valence-electron chi connectivity index (χ1n) is 17.3. The van der Waals surface area contributed by atoms with E-state index in [1.54, 1.807) is 6.07 Å². The van der Waals surface area contributed by atoms with Crippen molar-refractivity contribution in [3.05, 3.63) is 90.3 Å². The molecule has 5 aromatic rings. The fourth-order valence-corrected chi connectivity index (χ4v) is 8.33. The molecule has 3 amide bonds. The molecule has 2 unspecified atom stereocenters. The number of aromatic nitrogens is 4. The zero-order valence-corrected chi connectivity index (χ0v) is 27.7. The number of nitrogens with one attached hydrogen (secondary N) is 1. The molecular weight excluding hydrogens is 648 g/mol. The summed E-state index contributed by atoms with van der Waals surface area (Å²) in [6.45, 7) is 1.67. The summed E-state index contributed by atoms with van der Waals surface area (Å²) in [7, 11) is 0. The number of carbonyl (C=O) groups is 3. The van der Waals surface area contributed by atoms with Gasteiger partial charge >= 0.3 is 0 Å². The summed E-state index contributed by atoms with van der Waals surface area (Å²) < 4.78 is 8.01. The van der Waals surface area contributed by atoms with Gasteiger partial charge in [-0.3, -0.25) is 24.6 Å². The van der Waals surface area contributed by atoms with Crippen LogP contribution < -0.4 is 20.7 Å². The predicted octanol–water partition coefficient (Wildman–Crippen LogP) is 4.74. The number of amides is 3. The van der Waals surface area contributed by atoms with Gasteiger partial charge in [-0.05, 0) is 92.1 Å². The molecule has 13 heteroatoms. The van der Waals surface area contributed by atoms with Crippen molar-refractivity contribution in [3.8, 4) is 22.8 Å². The van der Waals surface area contributed by atoms with Crippen LogP contribution in [0.2, 0.25) is 0 Å². The predicted molar refractivity (Wildman–Crippen MR) is 188 cm³/mol. The zero-order valence-electron chi connectivity index (χ0n) is 27.7. The molecule has 4 aliphatic rings. The number of nitrogens with zero attached hydrogens (tertiary/aromatic N) is 6. The first-order valence-corrected chi connectivity index (χ1v) is 17.3. The van der Waals surface area contributed by atoms with Crippen molar-refractivity contribution in [3.63, 3.8) is 0 Å². The number of aliphatic hydroxyl groups excluding tert-OH is 1. The highest BCUT2D eigenvalue weighted by Gasteiger charge is 2.48. The summed E-state index contributed by atoms with van der Waals surface area (Å²) >= 11 is 0. The fraction of sp³-hybridized carbons (Fsp3) is 0.316. The number of ether oxygens (including phenoxy) is 1. The molecule has 2 saturated heterocycles. The molecule has 0 radical (unpaired) electrons. The maximum atomic E-state index is 13.2. The van der Waals surface area contributed by atoms with Gasteiger partial charge in [0.2, 0.25) is 11.8 Å². The highest BCUT2D eigenvalue weighted by atomic mass is 16.5. The van der Waals surface area contributed by atoms with Crippen molar-refractivity contribution in [2.24, 2.45) is 5.41 Å². The van der Waals surface area contributed by atoms with Gasteiger partial charge < -0.3 is 20.5 Å². The lowest BCUT2D eigenvalue weighted by Gasteiger charge is -2.52. The average Bonchev–Trinajstić information content (AvgIpc) is 3.63. The van der Waals surface area contributed by atoms with Crippen LogP contribution in [-0.2, 0) is 9.59 Å². The van der Waals surface area contributed by atoms with Gasteiger partial charge in [0.15, 0.2) is 11.9 Å². The summed E-state index contributed by atoms with van der Waals surface area (Å²) in [5, 5.41) is 19.3. The van der Waals surface area contributed by atoms with E-state index in [0.717, 1.165) is 78.2 Å². The van der Waals surface area contributed by atoms with Gasteiger partial charge in [0, 0.05) is 41.9 Å². The number of carbonyl (C=O) groups excluding carboxylic acids is 3. The van der Waals surface area contributed by atoms with E-state index in [1.165, 1.54) is 11.2 Å². The maximum absolute atomic E-state index is 13.2. The number of nitrogens with two attached hydrogens (primary N) is 1. The number of piperidine rings is 2. The second-order valence-electron chi connectivity index (χ2n) is 14.1. The van der Waals surface area contributed by atoms with E-state index in [9.17, 15) is 19.5 Å². The van der Waals surface area contributed by atoms with Crippen LogP contribution in [0.15, 0.2) is 79.1 Å². The van der Waals surface area contributed by atoms with Gasteiger partial charge in [0.05, 0.1) is 11.4 Å². The number of fused-ring (bicyclic) bond motifs is 2. The molecule has 0 bridgehead atoms. The van der Waals surface area contributed by atoms with Crippen molar-refractivity contribution in [2.75, 3.05) is 23.7 Å². The molecule has 9 rings (SSSR count). The third-order valence-electron chi connectivity index (χ3n) is 11.1. The van der Waals surface area contributed by atoms with Crippen molar-refractivity contribution >= 4 is 40.3 Å². The van der Waals surface area contributed by atoms with Crippen LogP contribution in [0.5, 0.6) is 11.5 Å². The summed E-state index contributed by atoms with van der Waals surface area (Å²) in [5.74, 6) is 0.579. The van der Waals surface area contributed by atoms with Gasteiger partial charge in [-0.25, -0.2) is 14.6 Å². The number of hydrogen-bond donors (Lipinski definition) is 3. The molecule has 258 valence electrons. The van der Waals surface area contributed by atoms with Crippen LogP contribution in [-0.4, -0.2) is 66.6 Å². The highest BCUT2D eigenvalue weighted by Crippen LogP contribution is 2.56. The molecule has 1 spiro atoms. The topological polar surface area (TPSA) is 169 Å². The molecule has 3 aromatic carbocycles. The number of aliphatic hydroxyl groups is 1. The van der Waals surface area contributed by atoms with E-state index in [4.69, 9.17) is 15.6 Å². The molecule has 3 aliphatic heterocycles. The lowest BCUT2D eigenvalue weighted by molar-refractivity contribution is -0.139. The molecule has 2 atom stereocenters. The van der Waals surface area contributed by atoms with Gasteiger partial charge in [-0.2, -0.15) is 5.10 Å². The third kappa shape index (κ3) is 5.27. The standard InChI is InChI=1S/C38H36N8O5/c39-33-31-32(22-6-9-26(10-7-22)51-25-4-2-1-3-5-25)43-46(34(31)41-21-40-33)24-19-38(20-24)14-16-44(17-15-38)23-8-11-27-28(18-23)37(50)45(36(27)49)29-12-13-30(47)42-35(29)48/h1-11,18,21,24,29,37,50H,12-17,19-20H2,(H2,39,40,41)(H,42,47,48). The average molecular weight is 685 g/mol. The Hall–Kier alpha value is -5.82.